The minimum absolute atomic E-state index is 0.691. The zero-order valence-electron chi connectivity index (χ0n) is 9.61. The predicted molar refractivity (Wildman–Crippen MR) is 66.0 cm³/mol. The lowest BCUT2D eigenvalue weighted by Gasteiger charge is -2.10. The molecule has 0 aliphatic heterocycles. The molecule has 1 N–H and O–H groups in total. The summed E-state index contributed by atoms with van der Waals surface area (Å²) < 4.78 is 3.06. The average molecular weight is 237 g/mol. The third-order valence-corrected chi connectivity index (χ3v) is 4.28. The van der Waals surface area contributed by atoms with Gasteiger partial charge in [0.15, 0.2) is 4.77 Å². The Morgan fingerprint density at radius 2 is 2.00 bits per heavy atom. The number of aromatic amines is 1. The second kappa shape index (κ2) is 4.32. The summed E-state index contributed by atoms with van der Waals surface area (Å²) in [4.78, 5) is 0. The second-order valence-electron chi connectivity index (χ2n) is 5.25. The summed E-state index contributed by atoms with van der Waals surface area (Å²) >= 11 is 5.30. The largest absolute Gasteiger partial charge is 0.304 e. The molecule has 0 radical (unpaired) electrons. The fourth-order valence-electron chi connectivity index (χ4n) is 2.81. The van der Waals surface area contributed by atoms with E-state index in [1.54, 1.807) is 0 Å². The molecule has 2 saturated carbocycles. The number of hydrogen-bond acceptors (Lipinski definition) is 2. The van der Waals surface area contributed by atoms with Gasteiger partial charge in [0.2, 0.25) is 0 Å². The van der Waals surface area contributed by atoms with Crippen molar-refractivity contribution < 1.29 is 0 Å². The molecule has 88 valence electrons. The molecular formula is C12H19N3S. The fraction of sp³-hybridized carbons (Fsp3) is 0.833. The first-order chi connectivity index (χ1) is 7.84. The van der Waals surface area contributed by atoms with Gasteiger partial charge < -0.3 is 4.57 Å². The minimum Gasteiger partial charge on any atom is -0.304 e. The van der Waals surface area contributed by atoms with Crippen molar-refractivity contribution in [3.05, 3.63) is 10.6 Å². The number of H-pyrrole nitrogens is 1. The van der Waals surface area contributed by atoms with Gasteiger partial charge in [-0.2, -0.15) is 5.10 Å². The summed E-state index contributed by atoms with van der Waals surface area (Å²) in [6.07, 6.45) is 9.57. The fourth-order valence-corrected chi connectivity index (χ4v) is 3.04. The van der Waals surface area contributed by atoms with Gasteiger partial charge in [0, 0.05) is 12.5 Å². The highest BCUT2D eigenvalue weighted by atomic mass is 32.1. The molecule has 4 heteroatoms. The smallest absolute Gasteiger partial charge is 0.195 e. The van der Waals surface area contributed by atoms with Crippen LogP contribution in [0.25, 0.3) is 0 Å². The van der Waals surface area contributed by atoms with Crippen LogP contribution in [0.5, 0.6) is 0 Å². The standard InChI is InChI=1S/C12H19N3S/c16-12-14-13-11(10-5-6-10)15(12)8-7-9-3-1-2-4-9/h9-10H,1-8H2,(H,14,16). The molecule has 0 unspecified atom stereocenters. The molecule has 1 aromatic rings. The third-order valence-electron chi connectivity index (χ3n) is 3.97. The van der Waals surface area contributed by atoms with Crippen LogP contribution < -0.4 is 0 Å². The van der Waals surface area contributed by atoms with Gasteiger partial charge in [-0.3, -0.25) is 5.10 Å². The Morgan fingerprint density at radius 3 is 2.69 bits per heavy atom. The lowest BCUT2D eigenvalue weighted by Crippen LogP contribution is -2.07. The van der Waals surface area contributed by atoms with Gasteiger partial charge in [0.1, 0.15) is 5.82 Å². The first-order valence-electron chi connectivity index (χ1n) is 6.49. The lowest BCUT2D eigenvalue weighted by atomic mass is 10.0. The van der Waals surface area contributed by atoms with Crippen molar-refractivity contribution in [3.8, 4) is 0 Å². The van der Waals surface area contributed by atoms with Gasteiger partial charge in [-0.15, -0.1) is 0 Å². The zero-order chi connectivity index (χ0) is 11.0. The van der Waals surface area contributed by atoms with E-state index < -0.39 is 0 Å². The van der Waals surface area contributed by atoms with Gasteiger partial charge in [-0.1, -0.05) is 25.7 Å². The molecule has 0 spiro atoms. The van der Waals surface area contributed by atoms with E-state index in [2.05, 4.69) is 14.8 Å². The van der Waals surface area contributed by atoms with Gasteiger partial charge in [-0.05, 0) is 37.4 Å². The number of aromatic nitrogens is 3. The van der Waals surface area contributed by atoms with Crippen molar-refractivity contribution >= 4 is 12.2 Å². The molecule has 3 rings (SSSR count). The van der Waals surface area contributed by atoms with Crippen molar-refractivity contribution in [2.75, 3.05) is 0 Å². The van der Waals surface area contributed by atoms with Crippen molar-refractivity contribution in [2.24, 2.45) is 5.92 Å². The molecule has 1 aromatic heterocycles. The van der Waals surface area contributed by atoms with E-state index in [9.17, 15) is 0 Å². The summed E-state index contributed by atoms with van der Waals surface area (Å²) in [7, 11) is 0. The van der Waals surface area contributed by atoms with E-state index in [1.807, 2.05) is 0 Å². The Bertz CT molecular complexity index is 410. The Labute approximate surface area is 101 Å². The number of nitrogens with one attached hydrogen (secondary N) is 1. The molecular weight excluding hydrogens is 218 g/mol. The highest BCUT2D eigenvalue weighted by Crippen LogP contribution is 2.39. The first kappa shape index (κ1) is 10.5. The highest BCUT2D eigenvalue weighted by molar-refractivity contribution is 7.71. The van der Waals surface area contributed by atoms with Crippen LogP contribution in [0.2, 0.25) is 0 Å². The van der Waals surface area contributed by atoms with E-state index in [0.717, 1.165) is 17.2 Å². The Balaban J connectivity index is 1.68. The minimum atomic E-state index is 0.691. The molecule has 0 saturated heterocycles. The van der Waals surface area contributed by atoms with E-state index in [4.69, 9.17) is 12.2 Å². The van der Waals surface area contributed by atoms with Crippen LogP contribution in [0.15, 0.2) is 0 Å². The van der Waals surface area contributed by atoms with E-state index in [1.165, 1.54) is 50.8 Å². The Kier molecular flexibility index (Phi) is 2.84. The van der Waals surface area contributed by atoms with Crippen molar-refractivity contribution in [2.45, 2.75) is 57.4 Å². The molecule has 1 heterocycles. The third kappa shape index (κ3) is 2.08. The molecule has 16 heavy (non-hydrogen) atoms. The SMILES string of the molecule is S=c1[nH]nc(C2CC2)n1CCC1CCCC1. The van der Waals surface area contributed by atoms with Gasteiger partial charge in [-0.25, -0.2) is 0 Å². The van der Waals surface area contributed by atoms with Crippen LogP contribution in [-0.4, -0.2) is 14.8 Å². The Morgan fingerprint density at radius 1 is 1.25 bits per heavy atom. The molecule has 3 nitrogen and oxygen atoms in total. The molecule has 0 amide bonds. The summed E-state index contributed by atoms with van der Waals surface area (Å²) in [6, 6.07) is 0. The highest BCUT2D eigenvalue weighted by Gasteiger charge is 2.29. The van der Waals surface area contributed by atoms with Gasteiger partial charge in [0.05, 0.1) is 0 Å². The summed E-state index contributed by atoms with van der Waals surface area (Å²) in [6.45, 7) is 1.08. The first-order valence-corrected chi connectivity index (χ1v) is 6.90. The second-order valence-corrected chi connectivity index (χ2v) is 5.64. The zero-order valence-corrected chi connectivity index (χ0v) is 10.4. The van der Waals surface area contributed by atoms with Crippen LogP contribution in [0.4, 0.5) is 0 Å². The molecule has 0 bridgehead atoms. The summed E-state index contributed by atoms with van der Waals surface area (Å²) in [5.74, 6) is 2.84. The van der Waals surface area contributed by atoms with E-state index in [0.29, 0.717) is 5.92 Å². The van der Waals surface area contributed by atoms with Crippen molar-refractivity contribution in [3.63, 3.8) is 0 Å². The quantitative estimate of drug-likeness (QED) is 0.814. The predicted octanol–water partition coefficient (Wildman–Crippen LogP) is 3.40. The maximum Gasteiger partial charge on any atom is 0.195 e. The average Bonchev–Trinajstić information content (AvgIpc) is 2.87. The van der Waals surface area contributed by atoms with Crippen LogP contribution in [0.1, 0.15) is 56.7 Å². The van der Waals surface area contributed by atoms with Crippen molar-refractivity contribution in [1.82, 2.24) is 14.8 Å². The molecule has 2 aliphatic rings. The summed E-state index contributed by atoms with van der Waals surface area (Å²) in [5, 5.41) is 7.32. The summed E-state index contributed by atoms with van der Waals surface area (Å²) in [5.41, 5.74) is 0. The van der Waals surface area contributed by atoms with Crippen LogP contribution in [0.3, 0.4) is 0 Å². The number of nitrogens with zero attached hydrogens (tertiary/aromatic N) is 2. The van der Waals surface area contributed by atoms with Crippen LogP contribution in [0, 0.1) is 10.7 Å². The van der Waals surface area contributed by atoms with E-state index in [-0.39, 0.29) is 0 Å². The van der Waals surface area contributed by atoms with Gasteiger partial charge in [0.25, 0.3) is 0 Å². The number of hydrogen-bond donors (Lipinski definition) is 1. The van der Waals surface area contributed by atoms with Crippen LogP contribution >= 0.6 is 12.2 Å². The molecule has 0 atom stereocenters. The molecule has 0 aromatic carbocycles. The maximum absolute atomic E-state index is 5.30. The van der Waals surface area contributed by atoms with Crippen LogP contribution in [-0.2, 0) is 6.54 Å². The monoisotopic (exact) mass is 237 g/mol. The Hall–Kier alpha value is -0.640. The van der Waals surface area contributed by atoms with E-state index >= 15 is 0 Å². The molecule has 2 aliphatic carbocycles. The normalized spacial score (nSPS) is 21.8. The molecule has 2 fully saturated rings. The van der Waals surface area contributed by atoms with Crippen molar-refractivity contribution in [1.29, 1.82) is 0 Å². The maximum atomic E-state index is 5.30. The number of rotatable bonds is 4. The topological polar surface area (TPSA) is 33.6 Å². The van der Waals surface area contributed by atoms with Gasteiger partial charge >= 0.3 is 0 Å². The lowest BCUT2D eigenvalue weighted by molar-refractivity contribution is 0.450.